The molecule has 5 rings (SSSR count). The van der Waals surface area contributed by atoms with E-state index in [9.17, 15) is 9.59 Å². The summed E-state index contributed by atoms with van der Waals surface area (Å²) in [6.07, 6.45) is 3.10. The van der Waals surface area contributed by atoms with E-state index in [-0.39, 0.29) is 11.5 Å². The molecule has 2 aromatic carbocycles. The van der Waals surface area contributed by atoms with E-state index in [1.54, 1.807) is 4.68 Å². The molecule has 0 aliphatic carbocycles. The zero-order valence-corrected chi connectivity index (χ0v) is 20.9. The van der Waals surface area contributed by atoms with E-state index in [0.29, 0.717) is 29.3 Å². The minimum Gasteiger partial charge on any atom is -0.460 e. The predicted octanol–water partition coefficient (Wildman–Crippen LogP) is 5.19. The number of furan rings is 1. The first-order chi connectivity index (χ1) is 17.5. The van der Waals surface area contributed by atoms with E-state index in [2.05, 4.69) is 22.3 Å². The number of hydrogen-bond donors (Lipinski definition) is 1. The maximum Gasteiger partial charge on any atom is 0.274 e. The molecule has 1 amide bonds. The first kappa shape index (κ1) is 24.0. The summed E-state index contributed by atoms with van der Waals surface area (Å²) in [6.45, 7) is 6.92. The zero-order valence-electron chi connectivity index (χ0n) is 20.9. The van der Waals surface area contributed by atoms with Gasteiger partial charge in [0, 0.05) is 31.1 Å². The number of aromatic nitrogens is 2. The van der Waals surface area contributed by atoms with Crippen LogP contribution in [-0.4, -0.2) is 40.2 Å². The van der Waals surface area contributed by atoms with Gasteiger partial charge >= 0.3 is 0 Å². The first-order valence-corrected chi connectivity index (χ1v) is 12.6. The lowest BCUT2D eigenvalue weighted by atomic mass is 9.90. The Morgan fingerprint density at radius 2 is 1.92 bits per heavy atom. The van der Waals surface area contributed by atoms with Crippen molar-refractivity contribution in [3.8, 4) is 11.5 Å². The number of nitrogens with zero attached hydrogens (tertiary/aromatic N) is 3. The number of piperidine rings is 1. The van der Waals surface area contributed by atoms with E-state index in [0.717, 1.165) is 55.7 Å². The number of rotatable bonds is 7. The smallest absolute Gasteiger partial charge is 0.274 e. The molecule has 1 aliphatic rings. The molecule has 1 fully saturated rings. The van der Waals surface area contributed by atoms with Gasteiger partial charge in [-0.05, 0) is 81.1 Å². The van der Waals surface area contributed by atoms with Crippen molar-refractivity contribution in [3.63, 3.8) is 0 Å². The number of carbonyl (C=O) groups excluding carboxylic acids is 1. The highest BCUT2D eigenvalue weighted by molar-refractivity contribution is 5.92. The van der Waals surface area contributed by atoms with E-state index >= 15 is 0 Å². The van der Waals surface area contributed by atoms with Crippen molar-refractivity contribution in [1.29, 1.82) is 0 Å². The lowest BCUT2D eigenvalue weighted by Crippen LogP contribution is -2.36. The third-order valence-electron chi connectivity index (χ3n) is 6.87. The molecule has 1 N–H and O–H groups in total. The fourth-order valence-electron chi connectivity index (χ4n) is 5.18. The van der Waals surface area contributed by atoms with Crippen LogP contribution in [0.15, 0.2) is 69.9 Å². The molecule has 36 heavy (non-hydrogen) atoms. The van der Waals surface area contributed by atoms with Crippen LogP contribution in [0.2, 0.25) is 0 Å². The Morgan fingerprint density at radius 1 is 1.08 bits per heavy atom. The van der Waals surface area contributed by atoms with E-state index in [1.165, 1.54) is 12.5 Å². The number of hydrogen-bond acceptors (Lipinski definition) is 5. The highest BCUT2D eigenvalue weighted by Gasteiger charge is 2.22. The Bertz CT molecular complexity index is 1440. The van der Waals surface area contributed by atoms with E-state index in [4.69, 9.17) is 9.52 Å². The number of fused-ring (bicyclic) bond motifs is 1. The molecule has 1 atom stereocenters. The number of nitrogens with one attached hydrogen (secondary N) is 1. The second kappa shape index (κ2) is 10.5. The van der Waals surface area contributed by atoms with Crippen LogP contribution < -0.4 is 10.9 Å². The Balaban J connectivity index is 1.28. The molecule has 0 saturated carbocycles. The third kappa shape index (κ3) is 5.26. The van der Waals surface area contributed by atoms with Crippen LogP contribution in [0.5, 0.6) is 0 Å². The highest BCUT2D eigenvalue weighted by Crippen LogP contribution is 2.29. The molecule has 1 unspecified atom stereocenters. The molecule has 4 aromatic rings. The van der Waals surface area contributed by atoms with E-state index in [1.807, 2.05) is 55.5 Å². The normalized spacial score (nSPS) is 16.3. The van der Waals surface area contributed by atoms with Gasteiger partial charge in [0.1, 0.15) is 11.5 Å². The van der Waals surface area contributed by atoms with Crippen LogP contribution in [0.3, 0.4) is 0 Å². The minimum atomic E-state index is -0.0658. The molecule has 1 saturated heterocycles. The predicted molar refractivity (Wildman–Crippen MR) is 142 cm³/mol. The van der Waals surface area contributed by atoms with Crippen molar-refractivity contribution >= 4 is 22.4 Å². The molecule has 0 radical (unpaired) electrons. The van der Waals surface area contributed by atoms with Crippen LogP contribution in [-0.2, 0) is 11.3 Å². The van der Waals surface area contributed by atoms with Crippen molar-refractivity contribution in [2.45, 2.75) is 45.6 Å². The molecule has 3 heterocycles. The van der Waals surface area contributed by atoms with Gasteiger partial charge in [-0.3, -0.25) is 9.59 Å². The average Bonchev–Trinajstić information content (AvgIpc) is 3.31. The van der Waals surface area contributed by atoms with Crippen LogP contribution in [0.25, 0.3) is 22.2 Å². The zero-order chi connectivity index (χ0) is 25.1. The number of carbonyl (C=O) groups is 1. The third-order valence-corrected chi connectivity index (χ3v) is 6.87. The molecule has 0 bridgehead atoms. The maximum absolute atomic E-state index is 13.2. The van der Waals surface area contributed by atoms with Gasteiger partial charge in [-0.15, -0.1) is 0 Å². The Kier molecular flexibility index (Phi) is 7.00. The van der Waals surface area contributed by atoms with Gasteiger partial charge < -0.3 is 14.6 Å². The lowest BCUT2D eigenvalue weighted by molar-refractivity contribution is -0.114. The van der Waals surface area contributed by atoms with Gasteiger partial charge in [-0.1, -0.05) is 30.3 Å². The summed E-state index contributed by atoms with van der Waals surface area (Å²) in [5.41, 5.74) is 2.75. The van der Waals surface area contributed by atoms with Crippen molar-refractivity contribution < 1.29 is 9.21 Å². The summed E-state index contributed by atoms with van der Waals surface area (Å²) in [7, 11) is 0. The second-order valence-electron chi connectivity index (χ2n) is 9.63. The Labute approximate surface area is 210 Å². The monoisotopic (exact) mass is 484 g/mol. The minimum absolute atomic E-state index is 0.0553. The Morgan fingerprint density at radius 3 is 2.69 bits per heavy atom. The van der Waals surface area contributed by atoms with E-state index < -0.39 is 0 Å². The molecular weight excluding hydrogens is 452 g/mol. The molecule has 2 aromatic heterocycles. The summed E-state index contributed by atoms with van der Waals surface area (Å²) in [6, 6.07) is 19.6. The van der Waals surface area contributed by atoms with Gasteiger partial charge in [0.25, 0.3) is 5.56 Å². The first-order valence-electron chi connectivity index (χ1n) is 12.6. The summed E-state index contributed by atoms with van der Waals surface area (Å²) < 4.78 is 7.44. The van der Waals surface area contributed by atoms with Gasteiger partial charge in [-0.25, -0.2) is 4.68 Å². The van der Waals surface area contributed by atoms with Crippen LogP contribution >= 0.6 is 0 Å². The standard InChI is InChI=1S/C29H32N4O3/c1-20-13-14-27(36-20)28-25-11-3-4-12-26(25)29(35)33(31-28)17-7-16-32-15-6-9-23(19-32)22-8-5-10-24(18-22)30-21(2)34/h3-5,8,10-14,18,23H,6-7,9,15-17,19H2,1-2H3,(H,30,34). The van der Waals surface area contributed by atoms with Crippen molar-refractivity contribution in [2.75, 3.05) is 25.0 Å². The average molecular weight is 485 g/mol. The molecule has 7 nitrogen and oxygen atoms in total. The molecule has 1 aliphatic heterocycles. The molecule has 7 heteroatoms. The number of likely N-dealkylation sites (tertiary alicyclic amines) is 1. The molecule has 0 spiro atoms. The number of benzene rings is 2. The summed E-state index contributed by atoms with van der Waals surface area (Å²) >= 11 is 0. The van der Waals surface area contributed by atoms with Gasteiger partial charge in [0.05, 0.1) is 5.39 Å². The number of aryl methyl sites for hydroxylation is 2. The van der Waals surface area contributed by atoms with Gasteiger partial charge in [0.2, 0.25) is 5.91 Å². The molecule has 186 valence electrons. The summed E-state index contributed by atoms with van der Waals surface area (Å²) in [5.74, 6) is 1.87. The maximum atomic E-state index is 13.2. The van der Waals surface area contributed by atoms with Crippen LogP contribution in [0.4, 0.5) is 5.69 Å². The molecular formula is C29H32N4O3. The lowest BCUT2D eigenvalue weighted by Gasteiger charge is -2.33. The quantitative estimate of drug-likeness (QED) is 0.390. The van der Waals surface area contributed by atoms with Crippen LogP contribution in [0, 0.1) is 6.92 Å². The highest BCUT2D eigenvalue weighted by atomic mass is 16.3. The van der Waals surface area contributed by atoms with Crippen molar-refractivity contribution in [1.82, 2.24) is 14.7 Å². The fraction of sp³-hybridized carbons (Fsp3) is 0.345. The Hall–Kier alpha value is -3.71. The number of amides is 1. The SMILES string of the molecule is CC(=O)Nc1cccc(C2CCCN(CCCn3nc(-c4ccc(C)o4)c4ccccc4c3=O)C2)c1. The van der Waals surface area contributed by atoms with Crippen LogP contribution in [0.1, 0.15) is 43.4 Å². The largest absolute Gasteiger partial charge is 0.460 e. The topological polar surface area (TPSA) is 80.4 Å². The second-order valence-corrected chi connectivity index (χ2v) is 9.63. The van der Waals surface area contributed by atoms with Gasteiger partial charge in [-0.2, -0.15) is 5.10 Å². The number of anilines is 1. The van der Waals surface area contributed by atoms with Crippen molar-refractivity contribution in [2.24, 2.45) is 0 Å². The summed E-state index contributed by atoms with van der Waals surface area (Å²) in [4.78, 5) is 27.1. The van der Waals surface area contributed by atoms with Gasteiger partial charge in [0.15, 0.2) is 5.76 Å². The van der Waals surface area contributed by atoms with Crippen molar-refractivity contribution in [3.05, 3.63) is 82.3 Å². The summed E-state index contributed by atoms with van der Waals surface area (Å²) in [5, 5.41) is 9.08. The fourth-order valence-corrected chi connectivity index (χ4v) is 5.18.